The van der Waals surface area contributed by atoms with Gasteiger partial charge in [0, 0.05) is 24.3 Å². The predicted molar refractivity (Wildman–Crippen MR) is 76.2 cm³/mol. The van der Waals surface area contributed by atoms with E-state index in [-0.39, 0.29) is 6.04 Å². The van der Waals surface area contributed by atoms with E-state index < -0.39 is 0 Å². The minimum atomic E-state index is 0.0378. The minimum Gasteiger partial charge on any atom is -0.497 e. The van der Waals surface area contributed by atoms with Gasteiger partial charge in [-0.25, -0.2) is 0 Å². The summed E-state index contributed by atoms with van der Waals surface area (Å²) < 4.78 is 7.01. The second kappa shape index (κ2) is 5.89. The van der Waals surface area contributed by atoms with Crippen LogP contribution in [0.4, 0.5) is 0 Å². The first-order valence-corrected chi connectivity index (χ1v) is 6.49. The van der Waals surface area contributed by atoms with E-state index >= 15 is 0 Å². The van der Waals surface area contributed by atoms with Gasteiger partial charge in [-0.1, -0.05) is 12.1 Å². The van der Waals surface area contributed by atoms with Gasteiger partial charge in [0.25, 0.3) is 0 Å². The molecule has 2 rings (SSSR count). The third kappa shape index (κ3) is 3.15. The van der Waals surface area contributed by atoms with Crippen LogP contribution in [0.1, 0.15) is 29.3 Å². The zero-order valence-electron chi connectivity index (χ0n) is 11.8. The van der Waals surface area contributed by atoms with Crippen LogP contribution in [-0.4, -0.2) is 16.9 Å². The summed E-state index contributed by atoms with van der Waals surface area (Å²) in [6, 6.07) is 8.17. The molecule has 0 spiro atoms. The lowest BCUT2D eigenvalue weighted by atomic mass is 10.0. The Balaban J connectivity index is 1.96. The van der Waals surface area contributed by atoms with Gasteiger partial charge in [-0.15, -0.1) is 0 Å². The van der Waals surface area contributed by atoms with Gasteiger partial charge in [0.2, 0.25) is 0 Å². The molecule has 19 heavy (non-hydrogen) atoms. The van der Waals surface area contributed by atoms with E-state index in [2.05, 4.69) is 24.2 Å². The van der Waals surface area contributed by atoms with Crippen LogP contribution < -0.4 is 10.5 Å². The number of hydrogen-bond donors (Lipinski definition) is 1. The second-order valence-electron chi connectivity index (χ2n) is 4.80. The number of hydrogen-bond acceptors (Lipinski definition) is 3. The van der Waals surface area contributed by atoms with Gasteiger partial charge in [-0.05, 0) is 37.5 Å². The number of aryl methyl sites for hydroxylation is 2. The van der Waals surface area contributed by atoms with Crippen molar-refractivity contribution in [2.45, 2.75) is 25.8 Å². The van der Waals surface area contributed by atoms with E-state index in [0.29, 0.717) is 0 Å². The summed E-state index contributed by atoms with van der Waals surface area (Å²) >= 11 is 0. The highest BCUT2D eigenvalue weighted by Crippen LogP contribution is 2.20. The van der Waals surface area contributed by atoms with Crippen molar-refractivity contribution >= 4 is 0 Å². The molecule has 4 heteroatoms. The normalized spacial score (nSPS) is 12.4. The summed E-state index contributed by atoms with van der Waals surface area (Å²) in [6.07, 6.45) is 3.74. The first-order chi connectivity index (χ1) is 9.11. The molecule has 102 valence electrons. The van der Waals surface area contributed by atoms with E-state index in [1.54, 1.807) is 7.11 Å². The van der Waals surface area contributed by atoms with Gasteiger partial charge >= 0.3 is 0 Å². The summed E-state index contributed by atoms with van der Waals surface area (Å²) in [4.78, 5) is 0. The Labute approximate surface area is 114 Å². The molecular formula is C15H21N3O. The molecule has 2 N–H and O–H groups in total. The van der Waals surface area contributed by atoms with E-state index in [0.717, 1.165) is 29.8 Å². The number of nitrogens with two attached hydrogens (primary N) is 1. The molecule has 1 unspecified atom stereocenters. The van der Waals surface area contributed by atoms with Crippen LogP contribution in [-0.2, 0) is 13.5 Å². The zero-order chi connectivity index (χ0) is 13.8. The molecule has 0 bridgehead atoms. The van der Waals surface area contributed by atoms with Gasteiger partial charge in [-0.3, -0.25) is 4.68 Å². The number of aromatic nitrogens is 2. The monoisotopic (exact) mass is 259 g/mol. The summed E-state index contributed by atoms with van der Waals surface area (Å²) in [7, 11) is 3.62. The Hall–Kier alpha value is -1.81. The van der Waals surface area contributed by atoms with E-state index in [4.69, 9.17) is 10.5 Å². The smallest absolute Gasteiger partial charge is 0.118 e. The molecule has 0 fully saturated rings. The molecular weight excluding hydrogens is 238 g/mol. The molecule has 0 aliphatic carbocycles. The molecule has 1 atom stereocenters. The first-order valence-electron chi connectivity index (χ1n) is 6.49. The molecule has 0 radical (unpaired) electrons. The van der Waals surface area contributed by atoms with Gasteiger partial charge in [0.05, 0.1) is 13.3 Å². The number of rotatable bonds is 5. The Kier molecular flexibility index (Phi) is 4.22. The van der Waals surface area contributed by atoms with E-state index in [1.807, 2.05) is 30.1 Å². The third-order valence-corrected chi connectivity index (χ3v) is 3.58. The average molecular weight is 259 g/mol. The molecule has 0 aliphatic heterocycles. The highest BCUT2D eigenvalue weighted by molar-refractivity contribution is 5.27. The van der Waals surface area contributed by atoms with Crippen molar-refractivity contribution in [2.75, 3.05) is 7.11 Å². The number of benzene rings is 1. The summed E-state index contributed by atoms with van der Waals surface area (Å²) in [6.45, 7) is 2.05. The molecule has 0 aliphatic rings. The lowest BCUT2D eigenvalue weighted by Gasteiger charge is -2.11. The summed E-state index contributed by atoms with van der Waals surface area (Å²) in [5, 5.41) is 4.24. The largest absolute Gasteiger partial charge is 0.497 e. The second-order valence-corrected chi connectivity index (χ2v) is 4.80. The van der Waals surface area contributed by atoms with Crippen molar-refractivity contribution in [3.63, 3.8) is 0 Å². The Bertz CT molecular complexity index is 531. The molecule has 2 aromatic rings. The average Bonchev–Trinajstić information content (AvgIpc) is 2.77. The Morgan fingerprint density at radius 1 is 1.32 bits per heavy atom. The van der Waals surface area contributed by atoms with Crippen molar-refractivity contribution in [1.82, 2.24) is 9.78 Å². The maximum atomic E-state index is 6.24. The number of nitrogens with zero attached hydrogens (tertiary/aromatic N) is 2. The van der Waals surface area contributed by atoms with Gasteiger partial charge in [0.15, 0.2) is 0 Å². The topological polar surface area (TPSA) is 53.1 Å². The standard InChI is InChI=1S/C15H21N3O/c1-11-14(10-17-18(11)2)15(16)9-6-12-4-7-13(19-3)8-5-12/h4-5,7-8,10,15H,6,9,16H2,1-3H3. The fourth-order valence-electron chi connectivity index (χ4n) is 2.15. The van der Waals surface area contributed by atoms with Crippen LogP contribution in [0.15, 0.2) is 30.5 Å². The molecule has 0 saturated carbocycles. The lowest BCUT2D eigenvalue weighted by Crippen LogP contribution is -2.12. The van der Waals surface area contributed by atoms with Gasteiger partial charge in [-0.2, -0.15) is 5.10 Å². The molecule has 1 aromatic heterocycles. The summed E-state index contributed by atoms with van der Waals surface area (Å²) in [5.74, 6) is 0.885. The van der Waals surface area contributed by atoms with Crippen molar-refractivity contribution in [1.29, 1.82) is 0 Å². The Morgan fingerprint density at radius 2 is 2.00 bits per heavy atom. The maximum Gasteiger partial charge on any atom is 0.118 e. The van der Waals surface area contributed by atoms with Crippen molar-refractivity contribution in [2.24, 2.45) is 12.8 Å². The van der Waals surface area contributed by atoms with Crippen molar-refractivity contribution in [3.05, 3.63) is 47.3 Å². The van der Waals surface area contributed by atoms with Gasteiger partial charge in [0.1, 0.15) is 5.75 Å². The highest BCUT2D eigenvalue weighted by atomic mass is 16.5. The molecule has 4 nitrogen and oxygen atoms in total. The number of methoxy groups -OCH3 is 1. The predicted octanol–water partition coefficient (Wildman–Crippen LogP) is 2.37. The van der Waals surface area contributed by atoms with Crippen LogP contribution in [0.2, 0.25) is 0 Å². The fourth-order valence-corrected chi connectivity index (χ4v) is 2.15. The maximum absolute atomic E-state index is 6.24. The van der Waals surface area contributed by atoms with Crippen molar-refractivity contribution in [3.8, 4) is 5.75 Å². The third-order valence-electron chi connectivity index (χ3n) is 3.58. The van der Waals surface area contributed by atoms with Crippen LogP contribution in [0.5, 0.6) is 5.75 Å². The quantitative estimate of drug-likeness (QED) is 0.897. The van der Waals surface area contributed by atoms with Crippen LogP contribution in [0, 0.1) is 6.92 Å². The van der Waals surface area contributed by atoms with Crippen molar-refractivity contribution < 1.29 is 4.74 Å². The SMILES string of the molecule is COc1ccc(CCC(N)c2cnn(C)c2C)cc1. The molecule has 1 heterocycles. The lowest BCUT2D eigenvalue weighted by molar-refractivity contribution is 0.414. The summed E-state index contributed by atoms with van der Waals surface area (Å²) in [5.41, 5.74) is 9.79. The van der Waals surface area contributed by atoms with E-state index in [1.165, 1.54) is 5.56 Å². The number of ether oxygens (including phenoxy) is 1. The minimum absolute atomic E-state index is 0.0378. The van der Waals surface area contributed by atoms with Crippen LogP contribution in [0.3, 0.4) is 0 Å². The van der Waals surface area contributed by atoms with E-state index in [9.17, 15) is 0 Å². The van der Waals surface area contributed by atoms with Gasteiger partial charge < -0.3 is 10.5 Å². The highest BCUT2D eigenvalue weighted by Gasteiger charge is 2.12. The zero-order valence-corrected chi connectivity index (χ0v) is 11.8. The molecule has 0 amide bonds. The molecule has 0 saturated heterocycles. The first kappa shape index (κ1) is 13.6. The van der Waals surface area contributed by atoms with Crippen LogP contribution in [0.25, 0.3) is 0 Å². The fraction of sp³-hybridized carbons (Fsp3) is 0.400. The Morgan fingerprint density at radius 3 is 2.53 bits per heavy atom. The van der Waals surface area contributed by atoms with Crippen LogP contribution >= 0.6 is 0 Å². The molecule has 1 aromatic carbocycles.